The molecule has 0 aliphatic rings. The Bertz CT molecular complexity index is 740. The summed E-state index contributed by atoms with van der Waals surface area (Å²) in [5.41, 5.74) is -2.78. The highest BCUT2D eigenvalue weighted by Crippen LogP contribution is 2.49. The van der Waals surface area contributed by atoms with Crippen molar-refractivity contribution in [1.82, 2.24) is 0 Å². The van der Waals surface area contributed by atoms with Gasteiger partial charge in [-0.3, -0.25) is 18.6 Å². The van der Waals surface area contributed by atoms with Gasteiger partial charge in [-0.25, -0.2) is 4.57 Å². The molecule has 0 saturated carbocycles. The predicted octanol–water partition coefficient (Wildman–Crippen LogP) is 7.11. The van der Waals surface area contributed by atoms with Crippen molar-refractivity contribution in [2.45, 2.75) is 186 Å². The number of aliphatic hydroxyl groups excluding tert-OH is 4. The summed E-state index contributed by atoms with van der Waals surface area (Å²) in [6.07, 6.45) is 19.1. The van der Waals surface area contributed by atoms with Gasteiger partial charge < -0.3 is 25.3 Å². The molecule has 0 aromatic heterocycles. The van der Waals surface area contributed by atoms with Crippen LogP contribution in [0.4, 0.5) is 0 Å². The molecule has 0 heterocycles. The Kier molecular flexibility index (Phi) is 27.9. The maximum Gasteiger partial charge on any atom is 0.473 e. The molecule has 0 aliphatic carbocycles. The Balaban J connectivity index is 5.16. The lowest BCUT2D eigenvalue weighted by Gasteiger charge is -2.35. The average Bonchev–Trinajstić information content (AvgIpc) is 3.03. The number of carbonyl (C=O) groups is 2. The number of hydrogen-bond acceptors (Lipinski definition) is 9. The predicted molar refractivity (Wildman–Crippen MR) is 178 cm³/mol. The zero-order valence-corrected chi connectivity index (χ0v) is 29.4. The summed E-state index contributed by atoms with van der Waals surface area (Å²) in [4.78, 5) is 37.5. The molecular weight excluding hydrogens is 599 g/mol. The molecule has 0 saturated heterocycles. The van der Waals surface area contributed by atoms with Crippen molar-refractivity contribution >= 4 is 19.4 Å². The minimum atomic E-state index is -5.18. The van der Waals surface area contributed by atoms with Crippen LogP contribution < -0.4 is 0 Å². The van der Waals surface area contributed by atoms with Crippen LogP contribution in [0.3, 0.4) is 0 Å². The molecule has 10 nitrogen and oxygen atoms in total. The number of phosphoric ester groups is 1. The van der Waals surface area contributed by atoms with Crippen molar-refractivity contribution in [3.05, 3.63) is 0 Å². The fraction of sp³-hybridized carbons (Fsp3) is 0.941. The Labute approximate surface area is 273 Å². The van der Waals surface area contributed by atoms with Gasteiger partial charge in [0.2, 0.25) is 5.60 Å². The molecule has 0 radical (unpaired) electrons. The molecule has 0 rings (SSSR count). The Morgan fingerprint density at radius 2 is 0.933 bits per heavy atom. The molecule has 0 amide bonds. The van der Waals surface area contributed by atoms with E-state index in [0.29, 0.717) is 25.7 Å². The van der Waals surface area contributed by atoms with Crippen LogP contribution in [0.2, 0.25) is 0 Å². The third-order valence-corrected chi connectivity index (χ3v) is 9.38. The van der Waals surface area contributed by atoms with Gasteiger partial charge in [0.1, 0.15) is 12.2 Å². The van der Waals surface area contributed by atoms with Crippen molar-refractivity contribution in [2.24, 2.45) is 0 Å². The molecule has 45 heavy (non-hydrogen) atoms. The molecule has 11 heteroatoms. The van der Waals surface area contributed by atoms with E-state index in [-0.39, 0.29) is 12.8 Å². The minimum Gasteiger partial charge on any atom is -0.394 e. The molecule has 0 bridgehead atoms. The first-order valence-corrected chi connectivity index (χ1v) is 19.4. The van der Waals surface area contributed by atoms with Crippen LogP contribution in [0.5, 0.6) is 0 Å². The van der Waals surface area contributed by atoms with E-state index in [1.165, 1.54) is 77.0 Å². The summed E-state index contributed by atoms with van der Waals surface area (Å²) >= 11 is 0. The molecule has 0 aromatic rings. The zero-order valence-electron chi connectivity index (χ0n) is 28.5. The van der Waals surface area contributed by atoms with Gasteiger partial charge in [0.25, 0.3) is 0 Å². The van der Waals surface area contributed by atoms with Crippen LogP contribution in [-0.4, -0.2) is 74.5 Å². The number of rotatable bonds is 34. The van der Waals surface area contributed by atoms with Crippen LogP contribution in [0.15, 0.2) is 0 Å². The van der Waals surface area contributed by atoms with E-state index in [4.69, 9.17) is 14.2 Å². The summed E-state index contributed by atoms with van der Waals surface area (Å²) in [7, 11) is -5.18. The molecule has 0 spiro atoms. The van der Waals surface area contributed by atoms with E-state index in [0.717, 1.165) is 38.5 Å². The van der Waals surface area contributed by atoms with Crippen LogP contribution in [0.1, 0.15) is 168 Å². The second-order valence-corrected chi connectivity index (χ2v) is 13.9. The van der Waals surface area contributed by atoms with Gasteiger partial charge in [0.15, 0.2) is 11.6 Å². The lowest BCUT2D eigenvalue weighted by Crippen LogP contribution is -2.58. The van der Waals surface area contributed by atoms with E-state index < -0.39 is 57.0 Å². The molecule has 0 aromatic carbocycles. The van der Waals surface area contributed by atoms with E-state index >= 15 is 0 Å². The molecule has 0 aliphatic heterocycles. The van der Waals surface area contributed by atoms with Crippen LogP contribution in [0.25, 0.3) is 0 Å². The Morgan fingerprint density at radius 1 is 0.600 bits per heavy atom. The van der Waals surface area contributed by atoms with Crippen molar-refractivity contribution in [2.75, 3.05) is 19.8 Å². The lowest BCUT2D eigenvalue weighted by atomic mass is 9.82. The fourth-order valence-corrected chi connectivity index (χ4v) is 6.63. The second-order valence-electron chi connectivity index (χ2n) is 12.5. The van der Waals surface area contributed by atoms with Gasteiger partial charge in [0, 0.05) is 12.8 Å². The standard InChI is InChI=1S/C34H67O10P/c1-3-5-7-9-11-13-15-17-19-21-23-25-31(38)34(33(40)28-36,44-45(41,42)43-29-30(37)27-35)32(39)26-24-22-20-18-16-14-12-10-8-6-4-2/h30,33,35-37,40H,3-29H2,1-2H3,(H,41,42). The van der Waals surface area contributed by atoms with Gasteiger partial charge in [-0.2, -0.15) is 0 Å². The van der Waals surface area contributed by atoms with Gasteiger partial charge in [0.05, 0.1) is 19.8 Å². The molecule has 5 N–H and O–H groups in total. The molecule has 3 unspecified atom stereocenters. The number of carbonyl (C=O) groups excluding carboxylic acids is 2. The summed E-state index contributed by atoms with van der Waals surface area (Å²) in [5.74, 6) is -1.76. The molecular formula is C34H67O10P. The SMILES string of the molecule is CCCCCCCCCCCCCC(=O)C(OP(=O)(O)OCC(O)CO)(C(=O)CCCCCCCCCCCCC)C(O)CO. The van der Waals surface area contributed by atoms with Crippen molar-refractivity contribution in [1.29, 1.82) is 0 Å². The van der Waals surface area contributed by atoms with E-state index in [1.807, 2.05) is 0 Å². The smallest absolute Gasteiger partial charge is 0.394 e. The maximum atomic E-state index is 13.5. The number of unbranched alkanes of at least 4 members (excludes halogenated alkanes) is 20. The fourth-order valence-electron chi connectivity index (χ4n) is 5.53. The molecule has 268 valence electrons. The third kappa shape index (κ3) is 21.0. The topological polar surface area (TPSA) is 171 Å². The molecule has 3 atom stereocenters. The van der Waals surface area contributed by atoms with Crippen molar-refractivity contribution in [3.63, 3.8) is 0 Å². The van der Waals surface area contributed by atoms with Gasteiger partial charge >= 0.3 is 7.82 Å². The largest absolute Gasteiger partial charge is 0.473 e. The number of phosphoric acid groups is 1. The minimum absolute atomic E-state index is 0.183. The van der Waals surface area contributed by atoms with Crippen molar-refractivity contribution in [3.8, 4) is 0 Å². The van der Waals surface area contributed by atoms with E-state index in [2.05, 4.69) is 13.8 Å². The summed E-state index contributed by atoms with van der Waals surface area (Å²) in [5, 5.41) is 39.1. The molecule has 0 fully saturated rings. The number of ketones is 2. The van der Waals surface area contributed by atoms with Gasteiger partial charge in [-0.05, 0) is 12.8 Å². The maximum absolute atomic E-state index is 13.5. The third-order valence-electron chi connectivity index (χ3n) is 8.39. The monoisotopic (exact) mass is 666 g/mol. The first-order chi connectivity index (χ1) is 21.6. The zero-order chi connectivity index (χ0) is 33.8. The summed E-state index contributed by atoms with van der Waals surface area (Å²) in [6, 6.07) is 0. The number of hydrogen-bond donors (Lipinski definition) is 5. The Hall–Kier alpha value is -0.710. The average molecular weight is 667 g/mol. The normalized spacial score (nSPS) is 14.7. The summed E-state index contributed by atoms with van der Waals surface area (Å²) in [6.45, 7) is 1.80. The van der Waals surface area contributed by atoms with Gasteiger partial charge in [-0.15, -0.1) is 0 Å². The first kappa shape index (κ1) is 44.3. The first-order valence-electron chi connectivity index (χ1n) is 17.9. The van der Waals surface area contributed by atoms with Crippen molar-refractivity contribution < 1.29 is 48.5 Å². The Morgan fingerprint density at radius 3 is 1.24 bits per heavy atom. The van der Waals surface area contributed by atoms with E-state index in [1.54, 1.807) is 0 Å². The lowest BCUT2D eigenvalue weighted by molar-refractivity contribution is -0.165. The van der Waals surface area contributed by atoms with Crippen LogP contribution >= 0.6 is 7.82 Å². The van der Waals surface area contributed by atoms with Gasteiger partial charge in [-0.1, -0.05) is 142 Å². The second kappa shape index (κ2) is 28.3. The van der Waals surface area contributed by atoms with E-state index in [9.17, 15) is 34.4 Å². The van der Waals surface area contributed by atoms with Crippen LogP contribution in [-0.2, 0) is 23.2 Å². The number of Topliss-reactive ketones (excluding diaryl/α,β-unsaturated/α-hetero) is 2. The highest BCUT2D eigenvalue weighted by Gasteiger charge is 2.55. The quantitative estimate of drug-likeness (QED) is 0.0271. The highest BCUT2D eigenvalue weighted by molar-refractivity contribution is 7.47. The highest BCUT2D eigenvalue weighted by atomic mass is 31.2. The number of aliphatic hydroxyl groups is 4. The summed E-state index contributed by atoms with van der Waals surface area (Å²) < 4.78 is 22.7. The van der Waals surface area contributed by atoms with Crippen LogP contribution in [0, 0.1) is 0 Å².